The molecule has 0 atom stereocenters. The van der Waals surface area contributed by atoms with Gasteiger partial charge in [0.15, 0.2) is 0 Å². The Morgan fingerprint density at radius 3 is 2.33 bits per heavy atom. The number of rotatable bonds is 8. The number of nitrogens with one attached hydrogen (secondary N) is 1. The minimum Gasteiger partial charge on any atom is -0.497 e. The number of ether oxygens (including phenoxy) is 1. The monoisotopic (exact) mass is 424 g/mol. The number of carbonyl (C=O) groups is 1. The van der Waals surface area contributed by atoms with Gasteiger partial charge in [-0.25, -0.2) is 8.42 Å². The molecule has 3 rings (SSSR count). The van der Waals surface area contributed by atoms with Crippen molar-refractivity contribution in [2.75, 3.05) is 25.0 Å². The smallest absolute Gasteiger partial charge is 0.264 e. The normalized spacial score (nSPS) is 11.0. The van der Waals surface area contributed by atoms with Crippen LogP contribution in [0.1, 0.15) is 15.9 Å². The lowest BCUT2D eigenvalue weighted by Crippen LogP contribution is -2.28. The van der Waals surface area contributed by atoms with E-state index in [0.717, 1.165) is 16.3 Å². The topological polar surface area (TPSA) is 75.7 Å². The molecule has 7 heteroatoms. The molecular weight excluding hydrogens is 400 g/mol. The predicted molar refractivity (Wildman–Crippen MR) is 118 cm³/mol. The molecule has 0 radical (unpaired) electrons. The zero-order valence-electron chi connectivity index (χ0n) is 16.9. The van der Waals surface area contributed by atoms with Gasteiger partial charge < -0.3 is 10.1 Å². The Morgan fingerprint density at radius 1 is 0.967 bits per heavy atom. The van der Waals surface area contributed by atoms with Gasteiger partial charge in [-0.05, 0) is 54.4 Å². The first-order valence-electron chi connectivity index (χ1n) is 9.47. The molecule has 0 heterocycles. The molecule has 30 heavy (non-hydrogen) atoms. The summed E-state index contributed by atoms with van der Waals surface area (Å²) in [6.45, 7) is 0.493. The number of methoxy groups -OCH3 is 1. The van der Waals surface area contributed by atoms with E-state index < -0.39 is 10.0 Å². The second-order valence-electron chi connectivity index (χ2n) is 6.69. The standard InChI is InChI=1S/C23H24N2O4S/c1-25(30(27,28)22-13-11-21(29-2)12-14-22)20-10-6-9-19(17-20)23(26)24-16-15-18-7-4-3-5-8-18/h3-14,17H,15-16H2,1-2H3,(H,24,26). The van der Waals surface area contributed by atoms with Crippen LogP contribution in [-0.4, -0.2) is 35.0 Å². The highest BCUT2D eigenvalue weighted by Gasteiger charge is 2.22. The summed E-state index contributed by atoms with van der Waals surface area (Å²) in [4.78, 5) is 12.6. The van der Waals surface area contributed by atoms with Crippen molar-refractivity contribution in [3.8, 4) is 5.75 Å². The molecule has 0 unspecified atom stereocenters. The molecule has 0 bridgehead atoms. The quantitative estimate of drug-likeness (QED) is 0.601. The maximum absolute atomic E-state index is 12.9. The molecule has 3 aromatic carbocycles. The molecule has 0 saturated carbocycles. The van der Waals surface area contributed by atoms with Crippen molar-refractivity contribution in [2.45, 2.75) is 11.3 Å². The third-order valence-electron chi connectivity index (χ3n) is 4.73. The molecule has 0 spiro atoms. The largest absolute Gasteiger partial charge is 0.497 e. The number of sulfonamides is 1. The first kappa shape index (κ1) is 21.4. The Bertz CT molecular complexity index is 1100. The van der Waals surface area contributed by atoms with E-state index in [1.807, 2.05) is 30.3 Å². The number of amides is 1. The second-order valence-corrected chi connectivity index (χ2v) is 8.66. The van der Waals surface area contributed by atoms with E-state index in [9.17, 15) is 13.2 Å². The third kappa shape index (κ3) is 4.99. The average Bonchev–Trinajstić information content (AvgIpc) is 2.79. The molecule has 1 amide bonds. The van der Waals surface area contributed by atoms with Gasteiger partial charge in [-0.15, -0.1) is 0 Å². The Labute approximate surface area is 177 Å². The van der Waals surface area contributed by atoms with Crippen molar-refractivity contribution in [3.63, 3.8) is 0 Å². The fourth-order valence-corrected chi connectivity index (χ4v) is 4.14. The van der Waals surface area contributed by atoms with Crippen LogP contribution in [0, 0.1) is 0 Å². The minimum absolute atomic E-state index is 0.142. The van der Waals surface area contributed by atoms with Crippen molar-refractivity contribution < 1.29 is 17.9 Å². The van der Waals surface area contributed by atoms with E-state index in [1.165, 1.54) is 26.3 Å². The van der Waals surface area contributed by atoms with E-state index in [-0.39, 0.29) is 10.8 Å². The lowest BCUT2D eigenvalue weighted by atomic mass is 10.1. The van der Waals surface area contributed by atoms with Crippen LogP contribution in [0.4, 0.5) is 5.69 Å². The number of hydrogen-bond donors (Lipinski definition) is 1. The summed E-state index contributed by atoms with van der Waals surface area (Å²) >= 11 is 0. The SMILES string of the molecule is COc1ccc(S(=O)(=O)N(C)c2cccc(C(=O)NCCc3ccccc3)c2)cc1. The molecular formula is C23H24N2O4S. The van der Waals surface area contributed by atoms with Crippen molar-refractivity contribution in [1.82, 2.24) is 5.32 Å². The highest BCUT2D eigenvalue weighted by atomic mass is 32.2. The number of anilines is 1. The van der Waals surface area contributed by atoms with Crippen LogP contribution in [0.25, 0.3) is 0 Å². The highest BCUT2D eigenvalue weighted by Crippen LogP contribution is 2.24. The molecule has 0 fully saturated rings. The van der Waals surface area contributed by atoms with Gasteiger partial charge in [-0.2, -0.15) is 0 Å². The van der Waals surface area contributed by atoms with Gasteiger partial charge in [0.25, 0.3) is 15.9 Å². The van der Waals surface area contributed by atoms with Gasteiger partial charge in [-0.3, -0.25) is 9.10 Å². The maximum atomic E-state index is 12.9. The molecule has 0 saturated heterocycles. The minimum atomic E-state index is -3.77. The van der Waals surface area contributed by atoms with Gasteiger partial charge in [0, 0.05) is 19.2 Å². The van der Waals surface area contributed by atoms with E-state index in [2.05, 4.69) is 5.32 Å². The van der Waals surface area contributed by atoms with E-state index in [1.54, 1.807) is 36.4 Å². The van der Waals surface area contributed by atoms with Crippen LogP contribution < -0.4 is 14.4 Å². The van der Waals surface area contributed by atoms with Crippen LogP contribution >= 0.6 is 0 Å². The van der Waals surface area contributed by atoms with E-state index in [4.69, 9.17) is 4.74 Å². The van der Waals surface area contributed by atoms with Gasteiger partial charge in [0.05, 0.1) is 17.7 Å². The fraction of sp³-hybridized carbons (Fsp3) is 0.174. The predicted octanol–water partition coefficient (Wildman–Crippen LogP) is 3.49. The van der Waals surface area contributed by atoms with Crippen molar-refractivity contribution in [1.29, 1.82) is 0 Å². The Morgan fingerprint density at radius 2 is 1.67 bits per heavy atom. The molecule has 156 valence electrons. The van der Waals surface area contributed by atoms with Crippen LogP contribution in [0.5, 0.6) is 5.75 Å². The molecule has 0 aliphatic rings. The lowest BCUT2D eigenvalue weighted by Gasteiger charge is -2.20. The highest BCUT2D eigenvalue weighted by molar-refractivity contribution is 7.92. The third-order valence-corrected chi connectivity index (χ3v) is 6.53. The summed E-state index contributed by atoms with van der Waals surface area (Å²) in [6.07, 6.45) is 0.720. The molecule has 0 aromatic heterocycles. The van der Waals surface area contributed by atoms with Crippen LogP contribution in [-0.2, 0) is 16.4 Å². The fourth-order valence-electron chi connectivity index (χ4n) is 2.95. The zero-order chi connectivity index (χ0) is 21.6. The Kier molecular flexibility index (Phi) is 6.74. The van der Waals surface area contributed by atoms with Crippen molar-refractivity contribution in [2.24, 2.45) is 0 Å². The van der Waals surface area contributed by atoms with Gasteiger partial charge in [0.1, 0.15) is 5.75 Å². The number of nitrogens with zero attached hydrogens (tertiary/aromatic N) is 1. The summed E-state index contributed by atoms with van der Waals surface area (Å²) < 4.78 is 32.1. The van der Waals surface area contributed by atoms with Crippen molar-refractivity contribution in [3.05, 3.63) is 90.0 Å². The molecule has 0 aliphatic carbocycles. The zero-order valence-corrected chi connectivity index (χ0v) is 17.7. The summed E-state index contributed by atoms with van der Waals surface area (Å²) in [5.74, 6) is 0.328. The average molecular weight is 425 g/mol. The second kappa shape index (κ2) is 9.45. The van der Waals surface area contributed by atoms with Crippen molar-refractivity contribution >= 4 is 21.6 Å². The van der Waals surface area contributed by atoms with Gasteiger partial charge in [0.2, 0.25) is 0 Å². The first-order chi connectivity index (χ1) is 14.4. The van der Waals surface area contributed by atoms with Crippen LogP contribution in [0.2, 0.25) is 0 Å². The van der Waals surface area contributed by atoms with Gasteiger partial charge in [-0.1, -0.05) is 36.4 Å². The van der Waals surface area contributed by atoms with Crippen LogP contribution in [0.15, 0.2) is 83.8 Å². The van der Waals surface area contributed by atoms with E-state index >= 15 is 0 Å². The lowest BCUT2D eigenvalue weighted by molar-refractivity contribution is 0.0954. The maximum Gasteiger partial charge on any atom is 0.264 e. The molecule has 1 N–H and O–H groups in total. The van der Waals surface area contributed by atoms with Crippen LogP contribution in [0.3, 0.4) is 0 Å². The number of hydrogen-bond acceptors (Lipinski definition) is 4. The van der Waals surface area contributed by atoms with E-state index in [0.29, 0.717) is 23.5 Å². The van der Waals surface area contributed by atoms with Gasteiger partial charge >= 0.3 is 0 Å². The molecule has 6 nitrogen and oxygen atoms in total. The Balaban J connectivity index is 1.70. The Hall–Kier alpha value is -3.32. The number of benzene rings is 3. The summed E-state index contributed by atoms with van der Waals surface area (Å²) in [5, 5.41) is 2.88. The number of carbonyl (C=O) groups excluding carboxylic acids is 1. The molecule has 0 aliphatic heterocycles. The first-order valence-corrected chi connectivity index (χ1v) is 10.9. The molecule has 3 aromatic rings. The summed E-state index contributed by atoms with van der Waals surface area (Å²) in [7, 11) is -0.782. The summed E-state index contributed by atoms with van der Waals surface area (Å²) in [6, 6.07) is 22.6. The summed E-state index contributed by atoms with van der Waals surface area (Å²) in [5.41, 5.74) is 1.94.